The fourth-order valence-electron chi connectivity index (χ4n) is 3.89. The molecule has 10 heteroatoms. The number of halogens is 3. The summed E-state index contributed by atoms with van der Waals surface area (Å²) >= 11 is 1.32. The van der Waals surface area contributed by atoms with Crippen LogP contribution in [0.1, 0.15) is 20.8 Å². The molecule has 0 fully saturated rings. The molecule has 3 heterocycles. The molecule has 0 unspecified atom stereocenters. The molecular formula is C23H18F3N5OS. The third-order valence-electron chi connectivity index (χ3n) is 5.49. The average Bonchev–Trinajstić information content (AvgIpc) is 3.50. The second kappa shape index (κ2) is 8.04. The van der Waals surface area contributed by atoms with E-state index in [0.717, 1.165) is 33.3 Å². The highest BCUT2D eigenvalue weighted by Gasteiger charge is 2.30. The van der Waals surface area contributed by atoms with Gasteiger partial charge in [-0.2, -0.15) is 17.5 Å². The van der Waals surface area contributed by atoms with Gasteiger partial charge in [-0.25, -0.2) is 4.98 Å². The molecule has 1 N–H and O–H groups in total. The third-order valence-corrected chi connectivity index (χ3v) is 6.24. The quantitative estimate of drug-likeness (QED) is 0.385. The van der Waals surface area contributed by atoms with Crippen LogP contribution in [-0.4, -0.2) is 30.9 Å². The van der Waals surface area contributed by atoms with Crippen molar-refractivity contribution in [3.63, 3.8) is 0 Å². The lowest BCUT2D eigenvalue weighted by Gasteiger charge is -2.10. The summed E-state index contributed by atoms with van der Waals surface area (Å²) < 4.78 is 47.2. The van der Waals surface area contributed by atoms with E-state index >= 15 is 0 Å². The Hall–Kier alpha value is -3.66. The first-order chi connectivity index (χ1) is 15.8. The van der Waals surface area contributed by atoms with Gasteiger partial charge in [-0.05, 0) is 60.9 Å². The molecule has 0 aliphatic heterocycles. The summed E-state index contributed by atoms with van der Waals surface area (Å²) in [5, 5.41) is 4.63. The maximum Gasteiger partial charge on any atom is 0.416 e. The Morgan fingerprint density at radius 1 is 1.15 bits per heavy atom. The predicted molar refractivity (Wildman–Crippen MR) is 121 cm³/mol. The molecule has 168 valence electrons. The van der Waals surface area contributed by atoms with Gasteiger partial charge < -0.3 is 9.88 Å². The van der Waals surface area contributed by atoms with E-state index in [1.165, 1.54) is 23.7 Å². The number of alkyl halides is 3. The Labute approximate surface area is 190 Å². The Kier molecular flexibility index (Phi) is 5.16. The highest BCUT2D eigenvalue weighted by Crippen LogP contribution is 2.36. The number of hydrogen-bond acceptors (Lipinski definition) is 4. The number of nitrogens with one attached hydrogen (secondary N) is 1. The standard InChI is InChI=1S/C23H18F3N5OS/c1-14-20-18-12-15(22(32)28-9-11-30-10-8-27-13-30)2-7-19(18)31(21(20)29-33-14)17-5-3-16(4-6-17)23(24,25)26/h2-8,10,12-13H,9,11H2,1H3,(H,28,32). The van der Waals surface area contributed by atoms with E-state index in [9.17, 15) is 18.0 Å². The number of rotatable bonds is 5. The molecule has 3 aromatic heterocycles. The van der Waals surface area contributed by atoms with Gasteiger partial charge in [0.25, 0.3) is 5.91 Å². The maximum absolute atomic E-state index is 13.0. The molecule has 5 rings (SSSR count). The van der Waals surface area contributed by atoms with Crippen LogP contribution in [0.3, 0.4) is 0 Å². The minimum absolute atomic E-state index is 0.201. The lowest BCUT2D eigenvalue weighted by molar-refractivity contribution is -0.137. The highest BCUT2D eigenvalue weighted by molar-refractivity contribution is 7.07. The van der Waals surface area contributed by atoms with Crippen LogP contribution in [-0.2, 0) is 12.7 Å². The molecule has 0 aliphatic carbocycles. The topological polar surface area (TPSA) is 64.7 Å². The van der Waals surface area contributed by atoms with Crippen molar-refractivity contribution in [1.29, 1.82) is 0 Å². The van der Waals surface area contributed by atoms with Crippen LogP contribution >= 0.6 is 11.5 Å². The number of nitrogens with zero attached hydrogens (tertiary/aromatic N) is 4. The zero-order valence-electron chi connectivity index (χ0n) is 17.4. The molecule has 1 amide bonds. The van der Waals surface area contributed by atoms with Crippen LogP contribution < -0.4 is 5.32 Å². The predicted octanol–water partition coefficient (Wildman–Crippen LogP) is 5.19. The van der Waals surface area contributed by atoms with Crippen molar-refractivity contribution < 1.29 is 18.0 Å². The van der Waals surface area contributed by atoms with Crippen molar-refractivity contribution in [2.45, 2.75) is 19.6 Å². The second-order valence-corrected chi connectivity index (χ2v) is 8.58. The molecule has 0 atom stereocenters. The van der Waals surface area contributed by atoms with Crippen LogP contribution in [0.15, 0.2) is 61.2 Å². The van der Waals surface area contributed by atoms with Crippen LogP contribution in [0, 0.1) is 6.92 Å². The summed E-state index contributed by atoms with van der Waals surface area (Å²) in [6.45, 7) is 3.00. The van der Waals surface area contributed by atoms with E-state index in [-0.39, 0.29) is 5.91 Å². The van der Waals surface area contributed by atoms with Gasteiger partial charge in [0.15, 0.2) is 5.65 Å². The molecule has 0 aliphatic rings. The van der Waals surface area contributed by atoms with E-state index in [1.54, 1.807) is 18.6 Å². The summed E-state index contributed by atoms with van der Waals surface area (Å²) in [5.74, 6) is -0.201. The maximum atomic E-state index is 13.0. The molecule has 0 saturated carbocycles. The average molecular weight is 469 g/mol. The SMILES string of the molecule is Cc1snc2c1c1cc(C(=O)NCCn3ccnc3)ccc1n2-c1ccc(C(F)(F)F)cc1. The van der Waals surface area contributed by atoms with E-state index in [1.807, 2.05) is 34.4 Å². The minimum atomic E-state index is -4.40. The monoisotopic (exact) mass is 469 g/mol. The molecule has 33 heavy (non-hydrogen) atoms. The van der Waals surface area contributed by atoms with Gasteiger partial charge in [-0.3, -0.25) is 9.36 Å². The molecule has 6 nitrogen and oxygen atoms in total. The molecule has 0 spiro atoms. The van der Waals surface area contributed by atoms with Crippen LogP contribution in [0.2, 0.25) is 0 Å². The van der Waals surface area contributed by atoms with E-state index < -0.39 is 11.7 Å². The Balaban J connectivity index is 1.51. The van der Waals surface area contributed by atoms with Crippen molar-refractivity contribution in [3.8, 4) is 5.69 Å². The number of benzene rings is 2. The molecule has 5 aromatic rings. The second-order valence-electron chi connectivity index (χ2n) is 7.61. The third kappa shape index (κ3) is 3.86. The molecule has 0 radical (unpaired) electrons. The zero-order chi connectivity index (χ0) is 23.2. The van der Waals surface area contributed by atoms with Gasteiger partial charge in [0, 0.05) is 52.4 Å². The first-order valence-electron chi connectivity index (χ1n) is 10.1. The fraction of sp³-hybridized carbons (Fsp3) is 0.174. The Bertz CT molecular complexity index is 1450. The number of fused-ring (bicyclic) bond motifs is 3. The number of hydrogen-bond donors (Lipinski definition) is 1. The van der Waals surface area contributed by atoms with Crippen molar-refractivity contribution in [2.24, 2.45) is 0 Å². The van der Waals surface area contributed by atoms with Crippen molar-refractivity contribution in [2.75, 3.05) is 6.54 Å². The van der Waals surface area contributed by atoms with E-state index in [0.29, 0.717) is 30.0 Å². The van der Waals surface area contributed by atoms with Crippen LogP contribution in [0.5, 0.6) is 0 Å². The zero-order valence-corrected chi connectivity index (χ0v) is 18.2. The summed E-state index contributed by atoms with van der Waals surface area (Å²) in [5.41, 5.74) is 1.81. The fourth-order valence-corrected chi connectivity index (χ4v) is 4.58. The lowest BCUT2D eigenvalue weighted by atomic mass is 10.1. The molecule has 2 aromatic carbocycles. The molecule has 0 bridgehead atoms. The summed E-state index contributed by atoms with van der Waals surface area (Å²) in [6.07, 6.45) is 0.792. The summed E-state index contributed by atoms with van der Waals surface area (Å²) in [7, 11) is 0. The first kappa shape index (κ1) is 21.2. The van der Waals surface area contributed by atoms with Crippen molar-refractivity contribution in [3.05, 3.63) is 77.2 Å². The molecular weight excluding hydrogens is 451 g/mol. The first-order valence-corrected chi connectivity index (χ1v) is 10.9. The number of amides is 1. The number of carbonyl (C=O) groups excluding carboxylic acids is 1. The summed E-state index contributed by atoms with van der Waals surface area (Å²) in [4.78, 5) is 17.7. The van der Waals surface area contributed by atoms with Crippen LogP contribution in [0.25, 0.3) is 27.6 Å². The Morgan fingerprint density at radius 3 is 2.64 bits per heavy atom. The highest BCUT2D eigenvalue weighted by atomic mass is 32.1. The Morgan fingerprint density at radius 2 is 1.94 bits per heavy atom. The summed E-state index contributed by atoms with van der Waals surface area (Å²) in [6, 6.07) is 10.3. The van der Waals surface area contributed by atoms with Gasteiger partial charge in [0.05, 0.1) is 17.4 Å². The normalized spacial score (nSPS) is 12.0. The van der Waals surface area contributed by atoms with Gasteiger partial charge in [0.1, 0.15) is 0 Å². The van der Waals surface area contributed by atoms with Crippen LogP contribution in [0.4, 0.5) is 13.2 Å². The number of imidazole rings is 1. The molecule has 0 saturated heterocycles. The van der Waals surface area contributed by atoms with Gasteiger partial charge in [-0.1, -0.05) is 0 Å². The van der Waals surface area contributed by atoms with E-state index in [4.69, 9.17) is 0 Å². The smallest absolute Gasteiger partial charge is 0.350 e. The van der Waals surface area contributed by atoms with Gasteiger partial charge in [0.2, 0.25) is 0 Å². The lowest BCUT2D eigenvalue weighted by Crippen LogP contribution is -2.26. The number of aryl methyl sites for hydroxylation is 1. The van der Waals surface area contributed by atoms with E-state index in [2.05, 4.69) is 14.7 Å². The van der Waals surface area contributed by atoms with Gasteiger partial charge >= 0.3 is 6.18 Å². The number of aromatic nitrogens is 4. The minimum Gasteiger partial charge on any atom is -0.350 e. The number of carbonyl (C=O) groups is 1. The van der Waals surface area contributed by atoms with Crippen molar-refractivity contribution in [1.82, 2.24) is 23.8 Å². The largest absolute Gasteiger partial charge is 0.416 e. The van der Waals surface area contributed by atoms with Crippen molar-refractivity contribution >= 4 is 39.4 Å². The van der Waals surface area contributed by atoms with Gasteiger partial charge in [-0.15, -0.1) is 0 Å².